The summed E-state index contributed by atoms with van der Waals surface area (Å²) in [5.74, 6) is 4.38. The van der Waals surface area contributed by atoms with Crippen LogP contribution in [0, 0.1) is 23.7 Å². The molecule has 2 aliphatic rings. The van der Waals surface area contributed by atoms with Gasteiger partial charge in [-0.15, -0.1) is 0 Å². The quantitative estimate of drug-likeness (QED) is 0.539. The van der Waals surface area contributed by atoms with Gasteiger partial charge in [-0.05, 0) is 49.4 Å². The molecule has 64 valence electrons. The van der Waals surface area contributed by atoms with Crippen LogP contribution in [0.15, 0.2) is 0 Å². The molecule has 4 unspecified atom stereocenters. The summed E-state index contributed by atoms with van der Waals surface area (Å²) in [5, 5.41) is 0. The summed E-state index contributed by atoms with van der Waals surface area (Å²) < 4.78 is 0. The second kappa shape index (κ2) is 2.80. The van der Waals surface area contributed by atoms with Crippen LogP contribution in [0.4, 0.5) is 0 Å². The Morgan fingerprint density at radius 2 is 1.91 bits per heavy atom. The molecule has 0 saturated heterocycles. The van der Waals surface area contributed by atoms with E-state index in [0.717, 1.165) is 23.7 Å². The molecule has 0 spiro atoms. The van der Waals surface area contributed by atoms with Gasteiger partial charge in [0.2, 0.25) is 0 Å². The van der Waals surface area contributed by atoms with E-state index in [1.165, 1.54) is 19.3 Å². The predicted molar refractivity (Wildman–Crippen MR) is 48.4 cm³/mol. The van der Waals surface area contributed by atoms with E-state index in [4.69, 9.17) is 0 Å². The minimum atomic E-state index is 1.04. The standard InChI is InChI=1S/C11H20/c1-3-10-6-9-4-8(2)5-11(10)7-9/h8-11H,3-7H2,1-2H3. The van der Waals surface area contributed by atoms with E-state index in [9.17, 15) is 0 Å². The highest BCUT2D eigenvalue weighted by atomic mass is 14.4. The van der Waals surface area contributed by atoms with Crippen LogP contribution in [0.5, 0.6) is 0 Å². The summed E-state index contributed by atoms with van der Waals surface area (Å²) in [5.41, 5.74) is 0. The van der Waals surface area contributed by atoms with Crippen molar-refractivity contribution >= 4 is 0 Å². The number of hydrogen-bond donors (Lipinski definition) is 0. The van der Waals surface area contributed by atoms with E-state index in [2.05, 4.69) is 13.8 Å². The molecule has 0 N–H and O–H groups in total. The molecule has 0 aliphatic heterocycles. The van der Waals surface area contributed by atoms with Crippen LogP contribution in [-0.4, -0.2) is 0 Å². The number of fused-ring (bicyclic) bond motifs is 2. The SMILES string of the molecule is CCC1CC2CC(C)CC1C2. The van der Waals surface area contributed by atoms with Crippen molar-refractivity contribution in [2.24, 2.45) is 23.7 Å². The Morgan fingerprint density at radius 1 is 1.09 bits per heavy atom. The smallest absolute Gasteiger partial charge is 0.0381 e. The maximum atomic E-state index is 2.44. The van der Waals surface area contributed by atoms with Gasteiger partial charge in [0.25, 0.3) is 0 Å². The third kappa shape index (κ3) is 1.32. The number of rotatable bonds is 1. The van der Waals surface area contributed by atoms with E-state index < -0.39 is 0 Å². The monoisotopic (exact) mass is 152 g/mol. The zero-order valence-electron chi connectivity index (χ0n) is 7.84. The third-order valence-corrected chi connectivity index (χ3v) is 3.90. The van der Waals surface area contributed by atoms with Crippen molar-refractivity contribution in [2.45, 2.75) is 46.0 Å². The Hall–Kier alpha value is 0. The van der Waals surface area contributed by atoms with Crippen molar-refractivity contribution in [3.8, 4) is 0 Å². The van der Waals surface area contributed by atoms with Gasteiger partial charge in [0.05, 0.1) is 0 Å². The lowest BCUT2D eigenvalue weighted by atomic mass is 9.80. The summed E-state index contributed by atoms with van der Waals surface area (Å²) >= 11 is 0. The summed E-state index contributed by atoms with van der Waals surface area (Å²) in [4.78, 5) is 0. The van der Waals surface area contributed by atoms with Crippen molar-refractivity contribution in [3.05, 3.63) is 0 Å². The van der Waals surface area contributed by atoms with Crippen molar-refractivity contribution < 1.29 is 0 Å². The van der Waals surface area contributed by atoms with Crippen LogP contribution in [0.25, 0.3) is 0 Å². The predicted octanol–water partition coefficient (Wildman–Crippen LogP) is 3.47. The minimum Gasteiger partial charge on any atom is -0.0651 e. The lowest BCUT2D eigenvalue weighted by Crippen LogP contribution is -2.14. The minimum absolute atomic E-state index is 1.04. The van der Waals surface area contributed by atoms with Crippen molar-refractivity contribution in [2.75, 3.05) is 0 Å². The van der Waals surface area contributed by atoms with Crippen molar-refractivity contribution in [3.63, 3.8) is 0 Å². The molecule has 2 fully saturated rings. The molecular weight excluding hydrogens is 132 g/mol. The molecule has 2 saturated carbocycles. The Balaban J connectivity index is 2.02. The number of hydrogen-bond acceptors (Lipinski definition) is 0. The molecule has 0 aromatic rings. The Morgan fingerprint density at radius 3 is 2.64 bits per heavy atom. The van der Waals surface area contributed by atoms with E-state index in [-0.39, 0.29) is 0 Å². The average molecular weight is 152 g/mol. The van der Waals surface area contributed by atoms with Gasteiger partial charge in [-0.1, -0.05) is 20.3 Å². The van der Waals surface area contributed by atoms with Gasteiger partial charge >= 0.3 is 0 Å². The van der Waals surface area contributed by atoms with Gasteiger partial charge in [0.15, 0.2) is 0 Å². The molecule has 2 aliphatic carbocycles. The van der Waals surface area contributed by atoms with E-state index in [1.54, 1.807) is 12.8 Å². The van der Waals surface area contributed by atoms with Gasteiger partial charge < -0.3 is 0 Å². The summed E-state index contributed by atoms with van der Waals surface area (Å²) in [6.45, 7) is 4.81. The normalized spacial score (nSPS) is 49.6. The van der Waals surface area contributed by atoms with E-state index in [1.807, 2.05) is 0 Å². The molecule has 0 aromatic heterocycles. The molecule has 0 heteroatoms. The first-order valence-corrected chi connectivity index (χ1v) is 5.29. The molecule has 0 heterocycles. The van der Waals surface area contributed by atoms with Crippen LogP contribution >= 0.6 is 0 Å². The second-order valence-electron chi connectivity index (χ2n) is 4.84. The molecule has 0 radical (unpaired) electrons. The van der Waals surface area contributed by atoms with Gasteiger partial charge in [-0.25, -0.2) is 0 Å². The molecule has 0 amide bonds. The molecule has 4 atom stereocenters. The highest BCUT2D eigenvalue weighted by molar-refractivity contribution is 4.88. The topological polar surface area (TPSA) is 0 Å². The largest absolute Gasteiger partial charge is 0.0651 e. The highest BCUT2D eigenvalue weighted by Gasteiger charge is 2.38. The zero-order chi connectivity index (χ0) is 7.84. The van der Waals surface area contributed by atoms with Crippen LogP contribution in [0.1, 0.15) is 46.0 Å². The molecular formula is C11H20. The Bertz CT molecular complexity index is 139. The van der Waals surface area contributed by atoms with Gasteiger partial charge in [-0.3, -0.25) is 0 Å². The van der Waals surface area contributed by atoms with E-state index in [0.29, 0.717) is 0 Å². The lowest BCUT2D eigenvalue weighted by Gasteiger charge is -2.25. The fraction of sp³-hybridized carbons (Fsp3) is 1.00. The molecule has 2 bridgehead atoms. The van der Waals surface area contributed by atoms with E-state index >= 15 is 0 Å². The van der Waals surface area contributed by atoms with Crippen LogP contribution in [0.2, 0.25) is 0 Å². The molecule has 11 heavy (non-hydrogen) atoms. The molecule has 2 rings (SSSR count). The summed E-state index contributed by atoms with van der Waals surface area (Å²) in [7, 11) is 0. The third-order valence-electron chi connectivity index (χ3n) is 3.90. The first kappa shape index (κ1) is 7.64. The van der Waals surface area contributed by atoms with Gasteiger partial charge in [0.1, 0.15) is 0 Å². The summed E-state index contributed by atoms with van der Waals surface area (Å²) in [6.07, 6.45) is 7.64. The van der Waals surface area contributed by atoms with Crippen LogP contribution in [-0.2, 0) is 0 Å². The average Bonchev–Trinajstić information content (AvgIpc) is 2.25. The van der Waals surface area contributed by atoms with Crippen molar-refractivity contribution in [1.82, 2.24) is 0 Å². The maximum absolute atomic E-state index is 2.44. The Labute approximate surface area is 70.4 Å². The summed E-state index contributed by atoms with van der Waals surface area (Å²) in [6, 6.07) is 0. The van der Waals surface area contributed by atoms with Crippen molar-refractivity contribution in [1.29, 1.82) is 0 Å². The zero-order valence-corrected chi connectivity index (χ0v) is 7.84. The highest BCUT2D eigenvalue weighted by Crippen LogP contribution is 2.48. The van der Waals surface area contributed by atoms with Gasteiger partial charge in [0, 0.05) is 0 Å². The second-order valence-corrected chi connectivity index (χ2v) is 4.84. The maximum Gasteiger partial charge on any atom is -0.0381 e. The lowest BCUT2D eigenvalue weighted by molar-refractivity contribution is 0.256. The van der Waals surface area contributed by atoms with Gasteiger partial charge in [-0.2, -0.15) is 0 Å². The fourth-order valence-corrected chi connectivity index (χ4v) is 3.50. The molecule has 0 aromatic carbocycles. The Kier molecular flexibility index (Phi) is 1.95. The van der Waals surface area contributed by atoms with Crippen LogP contribution < -0.4 is 0 Å². The first-order valence-electron chi connectivity index (χ1n) is 5.29. The molecule has 0 nitrogen and oxygen atoms in total. The fourth-order valence-electron chi connectivity index (χ4n) is 3.50. The first-order chi connectivity index (χ1) is 5.29. The van der Waals surface area contributed by atoms with Crippen LogP contribution in [0.3, 0.4) is 0 Å².